The normalized spacial score (nSPS) is 11.6. The fraction of sp³-hybridized carbons (Fsp3) is 0.556. The second-order valence-corrected chi connectivity index (χ2v) is 3.98. The molecule has 0 aliphatic carbocycles. The molecule has 90 valence electrons. The van der Waals surface area contributed by atoms with Crippen LogP contribution in [-0.2, 0) is 6.42 Å². The van der Waals surface area contributed by atoms with E-state index < -0.39 is 12.6 Å². The minimum absolute atomic E-state index is 0.191. The zero-order chi connectivity index (χ0) is 12.2. The quantitative estimate of drug-likeness (QED) is 0.928. The topological polar surface area (TPSA) is 37.8 Å². The molecule has 7 heteroatoms. The highest BCUT2D eigenvalue weighted by Crippen LogP contribution is 2.23. The van der Waals surface area contributed by atoms with Gasteiger partial charge in [0.2, 0.25) is 0 Å². The first kappa shape index (κ1) is 13.2. The van der Waals surface area contributed by atoms with Gasteiger partial charge in [0.15, 0.2) is 0 Å². The van der Waals surface area contributed by atoms with Crippen molar-refractivity contribution in [2.75, 3.05) is 11.9 Å². The molecule has 16 heavy (non-hydrogen) atoms. The van der Waals surface area contributed by atoms with E-state index in [0.717, 1.165) is 0 Å². The number of anilines is 1. The molecule has 0 bridgehead atoms. The van der Waals surface area contributed by atoms with Gasteiger partial charge < -0.3 is 5.32 Å². The number of halogens is 4. The number of aromatic nitrogens is 2. The van der Waals surface area contributed by atoms with Crippen LogP contribution in [0.5, 0.6) is 0 Å². The van der Waals surface area contributed by atoms with Crippen LogP contribution in [-0.4, -0.2) is 22.7 Å². The van der Waals surface area contributed by atoms with Gasteiger partial charge in [0.25, 0.3) is 0 Å². The number of hydrogen-bond donors (Lipinski definition) is 1. The Labute approximate surface area is 99.6 Å². The molecule has 1 rings (SSSR count). The first-order valence-corrected chi connectivity index (χ1v) is 5.53. The van der Waals surface area contributed by atoms with Crippen molar-refractivity contribution in [3.8, 4) is 0 Å². The second kappa shape index (κ2) is 5.47. The highest BCUT2D eigenvalue weighted by Gasteiger charge is 2.27. The Balaban J connectivity index is 2.71. The van der Waals surface area contributed by atoms with E-state index in [1.807, 2.05) is 6.92 Å². The third-order valence-electron chi connectivity index (χ3n) is 1.77. The Kier molecular flexibility index (Phi) is 4.52. The van der Waals surface area contributed by atoms with Crippen molar-refractivity contribution >= 4 is 21.7 Å². The van der Waals surface area contributed by atoms with Gasteiger partial charge in [-0.25, -0.2) is 9.97 Å². The SMILES string of the molecule is CCNc1nc(CCC(F)(F)F)ncc1Br. The summed E-state index contributed by atoms with van der Waals surface area (Å²) >= 11 is 3.21. The van der Waals surface area contributed by atoms with E-state index in [2.05, 4.69) is 31.2 Å². The van der Waals surface area contributed by atoms with Crippen molar-refractivity contribution in [1.29, 1.82) is 0 Å². The van der Waals surface area contributed by atoms with Crippen molar-refractivity contribution < 1.29 is 13.2 Å². The van der Waals surface area contributed by atoms with Crippen LogP contribution in [0.25, 0.3) is 0 Å². The molecule has 0 atom stereocenters. The number of hydrogen-bond acceptors (Lipinski definition) is 3. The van der Waals surface area contributed by atoms with Crippen LogP contribution in [0.2, 0.25) is 0 Å². The standard InChI is InChI=1S/C9H11BrF3N3/c1-2-14-8-6(10)5-15-7(16-8)3-4-9(11,12)13/h5H,2-4H2,1H3,(H,14,15,16). The molecule has 0 saturated heterocycles. The van der Waals surface area contributed by atoms with Crippen molar-refractivity contribution in [2.24, 2.45) is 0 Å². The molecule has 1 aromatic heterocycles. The van der Waals surface area contributed by atoms with Gasteiger partial charge in [-0.1, -0.05) is 0 Å². The maximum Gasteiger partial charge on any atom is 0.389 e. The maximum absolute atomic E-state index is 12.0. The molecule has 1 aromatic rings. The first-order chi connectivity index (χ1) is 7.42. The molecule has 0 fully saturated rings. The average Bonchev–Trinajstić information content (AvgIpc) is 2.18. The minimum atomic E-state index is -4.17. The first-order valence-electron chi connectivity index (χ1n) is 4.74. The molecular formula is C9H11BrF3N3. The number of rotatable bonds is 4. The molecule has 1 heterocycles. The summed E-state index contributed by atoms with van der Waals surface area (Å²) in [5, 5.41) is 2.93. The summed E-state index contributed by atoms with van der Waals surface area (Å²) in [6.45, 7) is 2.53. The van der Waals surface area contributed by atoms with Gasteiger partial charge in [0.05, 0.1) is 10.9 Å². The third kappa shape index (κ3) is 4.34. The van der Waals surface area contributed by atoms with Crippen LogP contribution in [0.1, 0.15) is 19.2 Å². The summed E-state index contributed by atoms with van der Waals surface area (Å²) in [5.74, 6) is 0.714. The van der Waals surface area contributed by atoms with Crippen LogP contribution >= 0.6 is 15.9 Å². The summed E-state index contributed by atoms with van der Waals surface area (Å²) in [5.41, 5.74) is 0. The third-order valence-corrected chi connectivity index (χ3v) is 2.35. The zero-order valence-electron chi connectivity index (χ0n) is 8.60. The maximum atomic E-state index is 12.0. The van der Waals surface area contributed by atoms with Gasteiger partial charge in [0, 0.05) is 19.2 Å². The number of alkyl halides is 3. The molecule has 0 aliphatic rings. The number of nitrogens with zero attached hydrogens (tertiary/aromatic N) is 2. The summed E-state index contributed by atoms with van der Waals surface area (Å²) < 4.78 is 36.6. The lowest BCUT2D eigenvalue weighted by Crippen LogP contribution is -2.11. The Bertz CT molecular complexity index is 354. The monoisotopic (exact) mass is 297 g/mol. The van der Waals surface area contributed by atoms with Crippen molar-refractivity contribution in [2.45, 2.75) is 25.9 Å². The number of aryl methyl sites for hydroxylation is 1. The van der Waals surface area contributed by atoms with E-state index in [0.29, 0.717) is 16.8 Å². The van der Waals surface area contributed by atoms with Gasteiger partial charge in [0.1, 0.15) is 11.6 Å². The Morgan fingerprint density at radius 1 is 1.44 bits per heavy atom. The molecule has 0 unspecified atom stereocenters. The lowest BCUT2D eigenvalue weighted by Gasteiger charge is -2.08. The summed E-state index contributed by atoms with van der Waals surface area (Å²) in [6, 6.07) is 0. The van der Waals surface area contributed by atoms with Crippen LogP contribution in [0.4, 0.5) is 19.0 Å². The predicted octanol–water partition coefficient (Wildman–Crippen LogP) is 3.17. The van der Waals surface area contributed by atoms with Crippen LogP contribution in [0, 0.1) is 0 Å². The van der Waals surface area contributed by atoms with Crippen molar-refractivity contribution in [3.05, 3.63) is 16.5 Å². The van der Waals surface area contributed by atoms with Gasteiger partial charge in [-0.05, 0) is 22.9 Å². The van der Waals surface area contributed by atoms with E-state index in [1.165, 1.54) is 6.20 Å². The van der Waals surface area contributed by atoms with Crippen LogP contribution in [0.3, 0.4) is 0 Å². The summed E-state index contributed by atoms with van der Waals surface area (Å²) in [4.78, 5) is 7.82. The van der Waals surface area contributed by atoms with Gasteiger partial charge >= 0.3 is 6.18 Å². The van der Waals surface area contributed by atoms with Crippen molar-refractivity contribution in [3.63, 3.8) is 0 Å². The molecule has 0 aromatic carbocycles. The van der Waals surface area contributed by atoms with Crippen LogP contribution in [0.15, 0.2) is 10.7 Å². The predicted molar refractivity (Wildman–Crippen MR) is 58.3 cm³/mol. The number of nitrogens with one attached hydrogen (secondary N) is 1. The highest BCUT2D eigenvalue weighted by atomic mass is 79.9. The smallest absolute Gasteiger partial charge is 0.369 e. The molecule has 0 aliphatic heterocycles. The molecule has 0 saturated carbocycles. The van der Waals surface area contributed by atoms with E-state index in [4.69, 9.17) is 0 Å². The van der Waals surface area contributed by atoms with Gasteiger partial charge in [-0.2, -0.15) is 13.2 Å². The largest absolute Gasteiger partial charge is 0.389 e. The van der Waals surface area contributed by atoms with E-state index in [-0.39, 0.29) is 12.2 Å². The van der Waals surface area contributed by atoms with Gasteiger partial charge in [-0.3, -0.25) is 0 Å². The molecule has 3 nitrogen and oxygen atoms in total. The van der Waals surface area contributed by atoms with Crippen LogP contribution < -0.4 is 5.32 Å². The van der Waals surface area contributed by atoms with Gasteiger partial charge in [-0.15, -0.1) is 0 Å². The minimum Gasteiger partial charge on any atom is -0.369 e. The van der Waals surface area contributed by atoms with E-state index in [9.17, 15) is 13.2 Å². The van der Waals surface area contributed by atoms with Crippen molar-refractivity contribution in [1.82, 2.24) is 9.97 Å². The van der Waals surface area contributed by atoms with E-state index in [1.54, 1.807) is 0 Å². The fourth-order valence-electron chi connectivity index (χ4n) is 1.07. The fourth-order valence-corrected chi connectivity index (χ4v) is 1.40. The zero-order valence-corrected chi connectivity index (χ0v) is 10.2. The Hall–Kier alpha value is -0.850. The lowest BCUT2D eigenvalue weighted by molar-refractivity contribution is -0.134. The molecule has 0 radical (unpaired) electrons. The summed E-state index contributed by atoms with van der Waals surface area (Å²) in [7, 11) is 0. The molecule has 0 spiro atoms. The average molecular weight is 298 g/mol. The Morgan fingerprint density at radius 3 is 2.69 bits per heavy atom. The molecule has 1 N–H and O–H groups in total. The Morgan fingerprint density at radius 2 is 2.12 bits per heavy atom. The lowest BCUT2D eigenvalue weighted by atomic mass is 10.3. The van der Waals surface area contributed by atoms with E-state index >= 15 is 0 Å². The summed E-state index contributed by atoms with van der Waals surface area (Å²) in [6.07, 6.45) is -3.82. The molecule has 0 amide bonds. The molecular weight excluding hydrogens is 287 g/mol. The highest BCUT2D eigenvalue weighted by molar-refractivity contribution is 9.10. The second-order valence-electron chi connectivity index (χ2n) is 3.13.